The van der Waals surface area contributed by atoms with Crippen molar-refractivity contribution in [3.8, 4) is 0 Å². The Labute approximate surface area is 87.3 Å². The number of nitrogens with two attached hydrogens (primary N) is 1. The molecule has 1 aromatic carbocycles. The fourth-order valence-corrected chi connectivity index (χ4v) is 1.56. The maximum atomic E-state index is 13.0. The van der Waals surface area contributed by atoms with E-state index >= 15 is 0 Å². The first kappa shape index (κ1) is 9.86. The Balaban J connectivity index is 2.36. The van der Waals surface area contributed by atoms with E-state index in [0.29, 0.717) is 0 Å². The molecule has 0 radical (unpaired) electrons. The van der Waals surface area contributed by atoms with Crippen molar-refractivity contribution in [3.63, 3.8) is 0 Å². The minimum Gasteiger partial charge on any atom is -0.319 e. The molecule has 1 heterocycles. The highest BCUT2D eigenvalue weighted by Crippen LogP contribution is 2.18. The molecular formula is C11H12FN3. The number of aryl methyl sites for hydroxylation is 1. The summed E-state index contributed by atoms with van der Waals surface area (Å²) < 4.78 is 14.7. The van der Waals surface area contributed by atoms with Crippen molar-refractivity contribution in [1.29, 1.82) is 0 Å². The number of nitrogens with zero attached hydrogens (tertiary/aromatic N) is 2. The minimum absolute atomic E-state index is 0.273. The second kappa shape index (κ2) is 3.82. The Morgan fingerprint density at radius 2 is 2.20 bits per heavy atom. The van der Waals surface area contributed by atoms with E-state index in [1.165, 1.54) is 12.1 Å². The molecule has 0 unspecified atom stereocenters. The number of halogens is 1. The van der Waals surface area contributed by atoms with Crippen molar-refractivity contribution in [3.05, 3.63) is 53.6 Å². The topological polar surface area (TPSA) is 43.8 Å². The summed E-state index contributed by atoms with van der Waals surface area (Å²) in [6, 6.07) is 7.79. The fourth-order valence-electron chi connectivity index (χ4n) is 1.56. The predicted molar refractivity (Wildman–Crippen MR) is 55.6 cm³/mol. The van der Waals surface area contributed by atoms with E-state index in [2.05, 4.69) is 5.10 Å². The monoisotopic (exact) mass is 205 g/mol. The molecule has 15 heavy (non-hydrogen) atoms. The third-order valence-corrected chi connectivity index (χ3v) is 2.39. The Bertz CT molecular complexity index is 464. The highest BCUT2D eigenvalue weighted by atomic mass is 19.1. The van der Waals surface area contributed by atoms with Crippen LogP contribution in [0.2, 0.25) is 0 Å². The van der Waals surface area contributed by atoms with Crippen LogP contribution in [0.5, 0.6) is 0 Å². The molecule has 0 spiro atoms. The standard InChI is InChI=1S/C11H12FN3/c1-15-10(5-6-14-15)11(13)8-3-2-4-9(12)7-8/h2-7,11H,13H2,1H3/t11-/m0/s1. The van der Waals surface area contributed by atoms with Crippen LogP contribution in [0.1, 0.15) is 17.3 Å². The quantitative estimate of drug-likeness (QED) is 0.809. The van der Waals surface area contributed by atoms with E-state index in [1.807, 2.05) is 13.1 Å². The molecule has 0 fully saturated rings. The average Bonchev–Trinajstić information content (AvgIpc) is 2.63. The first-order valence-electron chi connectivity index (χ1n) is 4.67. The van der Waals surface area contributed by atoms with Crippen LogP contribution in [0.4, 0.5) is 4.39 Å². The van der Waals surface area contributed by atoms with Gasteiger partial charge in [0, 0.05) is 13.2 Å². The largest absolute Gasteiger partial charge is 0.319 e. The second-order valence-electron chi connectivity index (χ2n) is 3.41. The summed E-state index contributed by atoms with van der Waals surface area (Å²) in [6.07, 6.45) is 1.68. The fraction of sp³-hybridized carbons (Fsp3) is 0.182. The summed E-state index contributed by atoms with van der Waals surface area (Å²) in [5.41, 5.74) is 7.61. The zero-order chi connectivity index (χ0) is 10.8. The number of rotatable bonds is 2. The minimum atomic E-state index is -0.340. The molecule has 2 N–H and O–H groups in total. The van der Waals surface area contributed by atoms with Gasteiger partial charge >= 0.3 is 0 Å². The molecular weight excluding hydrogens is 193 g/mol. The van der Waals surface area contributed by atoms with Gasteiger partial charge in [0.25, 0.3) is 0 Å². The Morgan fingerprint density at radius 1 is 1.40 bits per heavy atom. The number of hydrogen-bond donors (Lipinski definition) is 1. The van der Waals surface area contributed by atoms with Crippen molar-refractivity contribution in [1.82, 2.24) is 9.78 Å². The van der Waals surface area contributed by atoms with Gasteiger partial charge < -0.3 is 5.73 Å². The van der Waals surface area contributed by atoms with Crippen LogP contribution in [0.15, 0.2) is 36.5 Å². The van der Waals surface area contributed by atoms with E-state index in [-0.39, 0.29) is 11.9 Å². The van der Waals surface area contributed by atoms with Crippen LogP contribution in [0, 0.1) is 5.82 Å². The summed E-state index contributed by atoms with van der Waals surface area (Å²) in [7, 11) is 1.81. The van der Waals surface area contributed by atoms with Gasteiger partial charge in [-0.25, -0.2) is 4.39 Å². The van der Waals surface area contributed by atoms with Crippen molar-refractivity contribution >= 4 is 0 Å². The zero-order valence-electron chi connectivity index (χ0n) is 8.39. The molecule has 0 saturated heterocycles. The molecule has 1 atom stereocenters. The molecule has 0 bridgehead atoms. The third-order valence-electron chi connectivity index (χ3n) is 2.39. The van der Waals surface area contributed by atoms with Gasteiger partial charge in [-0.3, -0.25) is 4.68 Å². The van der Waals surface area contributed by atoms with Crippen molar-refractivity contribution < 1.29 is 4.39 Å². The summed E-state index contributed by atoms with van der Waals surface area (Å²) in [4.78, 5) is 0. The van der Waals surface area contributed by atoms with Crippen molar-refractivity contribution in [2.75, 3.05) is 0 Å². The van der Waals surface area contributed by atoms with E-state index in [4.69, 9.17) is 5.73 Å². The number of aromatic nitrogens is 2. The summed E-state index contributed by atoms with van der Waals surface area (Å²) in [5.74, 6) is -0.273. The Hall–Kier alpha value is -1.68. The van der Waals surface area contributed by atoms with Crippen LogP contribution >= 0.6 is 0 Å². The summed E-state index contributed by atoms with van der Waals surface area (Å²) >= 11 is 0. The second-order valence-corrected chi connectivity index (χ2v) is 3.41. The number of hydrogen-bond acceptors (Lipinski definition) is 2. The van der Waals surface area contributed by atoms with Crippen LogP contribution in [0.25, 0.3) is 0 Å². The molecule has 4 heteroatoms. The lowest BCUT2D eigenvalue weighted by atomic mass is 10.0. The van der Waals surface area contributed by atoms with Gasteiger partial charge in [-0.15, -0.1) is 0 Å². The lowest BCUT2D eigenvalue weighted by Gasteiger charge is -2.12. The van der Waals surface area contributed by atoms with Gasteiger partial charge in [0.05, 0.1) is 11.7 Å². The van der Waals surface area contributed by atoms with E-state index in [1.54, 1.807) is 23.0 Å². The molecule has 0 aliphatic heterocycles. The molecule has 0 amide bonds. The Kier molecular flexibility index (Phi) is 2.51. The van der Waals surface area contributed by atoms with E-state index in [0.717, 1.165) is 11.3 Å². The summed E-state index contributed by atoms with van der Waals surface area (Å²) in [6.45, 7) is 0. The molecule has 0 aliphatic rings. The molecule has 0 aliphatic carbocycles. The van der Waals surface area contributed by atoms with Gasteiger partial charge in [-0.2, -0.15) is 5.10 Å². The normalized spacial score (nSPS) is 12.7. The van der Waals surface area contributed by atoms with Crippen LogP contribution in [0.3, 0.4) is 0 Å². The first-order valence-corrected chi connectivity index (χ1v) is 4.67. The van der Waals surface area contributed by atoms with Crippen LogP contribution in [-0.2, 0) is 7.05 Å². The summed E-state index contributed by atoms with van der Waals surface area (Å²) in [5, 5.41) is 4.03. The SMILES string of the molecule is Cn1nccc1[C@@H](N)c1cccc(F)c1. The van der Waals surface area contributed by atoms with Gasteiger partial charge in [-0.05, 0) is 23.8 Å². The molecule has 2 aromatic rings. The van der Waals surface area contributed by atoms with Gasteiger partial charge in [0.2, 0.25) is 0 Å². The van der Waals surface area contributed by atoms with Crippen molar-refractivity contribution in [2.45, 2.75) is 6.04 Å². The van der Waals surface area contributed by atoms with E-state index in [9.17, 15) is 4.39 Å². The van der Waals surface area contributed by atoms with Crippen LogP contribution < -0.4 is 5.73 Å². The maximum Gasteiger partial charge on any atom is 0.123 e. The lowest BCUT2D eigenvalue weighted by Crippen LogP contribution is -2.15. The van der Waals surface area contributed by atoms with Crippen LogP contribution in [-0.4, -0.2) is 9.78 Å². The molecule has 2 rings (SSSR count). The number of benzene rings is 1. The van der Waals surface area contributed by atoms with Crippen molar-refractivity contribution in [2.24, 2.45) is 12.8 Å². The lowest BCUT2D eigenvalue weighted by molar-refractivity contribution is 0.619. The zero-order valence-corrected chi connectivity index (χ0v) is 8.39. The Morgan fingerprint density at radius 3 is 2.80 bits per heavy atom. The molecule has 3 nitrogen and oxygen atoms in total. The van der Waals surface area contributed by atoms with Gasteiger partial charge in [0.1, 0.15) is 5.82 Å². The maximum absolute atomic E-state index is 13.0. The average molecular weight is 205 g/mol. The predicted octanol–water partition coefficient (Wildman–Crippen LogP) is 1.61. The van der Waals surface area contributed by atoms with Gasteiger partial charge in [-0.1, -0.05) is 12.1 Å². The highest BCUT2D eigenvalue weighted by Gasteiger charge is 2.12. The smallest absolute Gasteiger partial charge is 0.123 e. The van der Waals surface area contributed by atoms with Gasteiger partial charge in [0.15, 0.2) is 0 Å². The van der Waals surface area contributed by atoms with E-state index < -0.39 is 0 Å². The molecule has 1 aromatic heterocycles. The molecule has 78 valence electrons. The third kappa shape index (κ3) is 1.89. The first-order chi connectivity index (χ1) is 7.18. The highest BCUT2D eigenvalue weighted by molar-refractivity contribution is 5.27. The molecule has 0 saturated carbocycles.